The van der Waals surface area contributed by atoms with Crippen LogP contribution >= 0.6 is 0 Å². The second kappa shape index (κ2) is 4.21. The van der Waals surface area contributed by atoms with E-state index in [9.17, 15) is 22.8 Å². The lowest BCUT2D eigenvalue weighted by atomic mass is 9.85. The molecule has 114 valence electrons. The number of imide groups is 1. The molecule has 1 saturated carbocycles. The van der Waals surface area contributed by atoms with Gasteiger partial charge in [0, 0.05) is 0 Å². The van der Waals surface area contributed by atoms with Crippen LogP contribution in [-0.4, -0.2) is 11.8 Å². The van der Waals surface area contributed by atoms with Crippen molar-refractivity contribution < 1.29 is 22.8 Å². The van der Waals surface area contributed by atoms with Gasteiger partial charge >= 0.3 is 6.18 Å². The Hall–Kier alpha value is -2.11. The number of hydrogen-bond donors (Lipinski definition) is 0. The molecular formula is C16H12F3NO2. The van der Waals surface area contributed by atoms with Gasteiger partial charge in [-0.05, 0) is 36.5 Å². The Morgan fingerprint density at radius 2 is 1.59 bits per heavy atom. The molecule has 22 heavy (non-hydrogen) atoms. The second-order valence-corrected chi connectivity index (χ2v) is 6.06. The van der Waals surface area contributed by atoms with Gasteiger partial charge in [-0.25, -0.2) is 0 Å². The number of amides is 2. The smallest absolute Gasteiger partial charge is 0.274 e. The molecule has 1 aliphatic heterocycles. The number of fused-ring (bicyclic) bond motifs is 5. The maximum atomic E-state index is 12.8. The molecule has 0 radical (unpaired) electrons. The minimum Gasteiger partial charge on any atom is -0.274 e. The quantitative estimate of drug-likeness (QED) is 0.591. The maximum absolute atomic E-state index is 12.8. The minimum absolute atomic E-state index is 0.0126. The summed E-state index contributed by atoms with van der Waals surface area (Å²) in [4.78, 5) is 26.0. The Morgan fingerprint density at radius 3 is 2.14 bits per heavy atom. The van der Waals surface area contributed by atoms with Gasteiger partial charge in [0.2, 0.25) is 11.8 Å². The third kappa shape index (κ3) is 1.69. The first-order valence-corrected chi connectivity index (χ1v) is 7.11. The fourth-order valence-corrected chi connectivity index (χ4v) is 3.98. The Balaban J connectivity index is 1.73. The Morgan fingerprint density at radius 1 is 1.00 bits per heavy atom. The average Bonchev–Trinajstić information content (AvgIpc) is 3.12. The van der Waals surface area contributed by atoms with Crippen LogP contribution in [-0.2, 0) is 15.8 Å². The van der Waals surface area contributed by atoms with Crippen molar-refractivity contribution in [2.24, 2.45) is 23.7 Å². The summed E-state index contributed by atoms with van der Waals surface area (Å²) in [5.74, 6) is -1.46. The number of allylic oxidation sites excluding steroid dienone is 2. The molecule has 4 atom stereocenters. The van der Waals surface area contributed by atoms with Crippen LogP contribution in [0.4, 0.5) is 18.9 Å². The summed E-state index contributed by atoms with van der Waals surface area (Å²) < 4.78 is 38.4. The summed E-state index contributed by atoms with van der Waals surface area (Å²) >= 11 is 0. The van der Waals surface area contributed by atoms with Crippen molar-refractivity contribution in [3.05, 3.63) is 42.0 Å². The molecular weight excluding hydrogens is 295 g/mol. The van der Waals surface area contributed by atoms with E-state index in [1.165, 1.54) is 12.1 Å². The summed E-state index contributed by atoms with van der Waals surface area (Å²) in [6, 6.07) is 4.40. The topological polar surface area (TPSA) is 37.4 Å². The predicted molar refractivity (Wildman–Crippen MR) is 71.7 cm³/mol. The number of benzene rings is 1. The highest BCUT2D eigenvalue weighted by Gasteiger charge is 2.59. The lowest BCUT2D eigenvalue weighted by molar-refractivity contribution is -0.137. The molecule has 2 fully saturated rings. The SMILES string of the molecule is O=C1[C@H]2[C@H](C(=O)N1c1cccc(C(F)(F)F)c1)[C@H]1C=C[C@H]2C1. The van der Waals surface area contributed by atoms with Gasteiger partial charge in [0.25, 0.3) is 0 Å². The van der Waals surface area contributed by atoms with Gasteiger partial charge in [-0.3, -0.25) is 14.5 Å². The highest BCUT2D eigenvalue weighted by atomic mass is 19.4. The first-order valence-electron chi connectivity index (χ1n) is 7.11. The van der Waals surface area contributed by atoms with Gasteiger partial charge in [0.1, 0.15) is 0 Å². The minimum atomic E-state index is -4.50. The molecule has 3 nitrogen and oxygen atoms in total. The third-order valence-corrected chi connectivity index (χ3v) is 4.90. The lowest BCUT2D eigenvalue weighted by Crippen LogP contribution is -2.33. The lowest BCUT2D eigenvalue weighted by Gasteiger charge is -2.18. The van der Waals surface area contributed by atoms with Crippen LogP contribution in [0.3, 0.4) is 0 Å². The number of nitrogens with zero attached hydrogens (tertiary/aromatic N) is 1. The van der Waals surface area contributed by atoms with E-state index < -0.39 is 23.6 Å². The van der Waals surface area contributed by atoms with Crippen molar-refractivity contribution >= 4 is 17.5 Å². The van der Waals surface area contributed by atoms with Crippen LogP contribution in [0.5, 0.6) is 0 Å². The van der Waals surface area contributed by atoms with Gasteiger partial charge in [-0.15, -0.1) is 0 Å². The summed E-state index contributed by atoms with van der Waals surface area (Å²) in [7, 11) is 0. The summed E-state index contributed by atoms with van der Waals surface area (Å²) in [5, 5.41) is 0. The van der Waals surface area contributed by atoms with Crippen molar-refractivity contribution in [3.63, 3.8) is 0 Å². The monoisotopic (exact) mass is 307 g/mol. The van der Waals surface area contributed by atoms with Gasteiger partial charge in [0.05, 0.1) is 23.1 Å². The molecule has 3 aliphatic rings. The van der Waals surface area contributed by atoms with E-state index in [2.05, 4.69) is 0 Å². The Labute approximate surface area is 124 Å². The molecule has 2 bridgehead atoms. The van der Waals surface area contributed by atoms with Gasteiger partial charge in [-0.1, -0.05) is 18.2 Å². The molecule has 2 amide bonds. The normalized spacial score (nSPS) is 33.0. The van der Waals surface area contributed by atoms with E-state index in [-0.39, 0.29) is 29.3 Å². The van der Waals surface area contributed by atoms with E-state index in [0.29, 0.717) is 0 Å². The fraction of sp³-hybridized carbons (Fsp3) is 0.375. The molecule has 1 saturated heterocycles. The molecule has 4 rings (SSSR count). The molecule has 1 aromatic carbocycles. The van der Waals surface area contributed by atoms with E-state index in [1.807, 2.05) is 12.2 Å². The predicted octanol–water partition coefficient (Wildman–Crippen LogP) is 3.02. The first-order chi connectivity index (χ1) is 10.4. The van der Waals surface area contributed by atoms with Crippen molar-refractivity contribution in [2.75, 3.05) is 4.90 Å². The van der Waals surface area contributed by atoms with Gasteiger partial charge in [-0.2, -0.15) is 13.2 Å². The van der Waals surface area contributed by atoms with Gasteiger partial charge in [0.15, 0.2) is 0 Å². The molecule has 0 N–H and O–H groups in total. The van der Waals surface area contributed by atoms with Crippen LogP contribution < -0.4 is 4.90 Å². The zero-order valence-electron chi connectivity index (χ0n) is 11.4. The Bertz CT molecular complexity index is 680. The second-order valence-electron chi connectivity index (χ2n) is 6.06. The van der Waals surface area contributed by atoms with E-state index in [1.54, 1.807) is 0 Å². The molecule has 6 heteroatoms. The number of anilines is 1. The van der Waals surface area contributed by atoms with Crippen molar-refractivity contribution in [1.82, 2.24) is 0 Å². The van der Waals surface area contributed by atoms with Crippen molar-refractivity contribution in [3.8, 4) is 0 Å². The fourth-order valence-electron chi connectivity index (χ4n) is 3.98. The third-order valence-electron chi connectivity index (χ3n) is 4.90. The van der Waals surface area contributed by atoms with Crippen LogP contribution in [0.2, 0.25) is 0 Å². The zero-order valence-corrected chi connectivity index (χ0v) is 11.4. The van der Waals surface area contributed by atoms with Crippen molar-refractivity contribution in [1.29, 1.82) is 0 Å². The van der Waals surface area contributed by atoms with Crippen molar-refractivity contribution in [2.45, 2.75) is 12.6 Å². The highest BCUT2D eigenvalue weighted by molar-refractivity contribution is 6.22. The molecule has 0 aromatic heterocycles. The average molecular weight is 307 g/mol. The molecule has 0 unspecified atom stereocenters. The number of carbonyl (C=O) groups excluding carboxylic acids is 2. The van der Waals surface area contributed by atoms with E-state index in [0.717, 1.165) is 23.5 Å². The van der Waals surface area contributed by atoms with Crippen LogP contribution in [0.25, 0.3) is 0 Å². The zero-order chi connectivity index (χ0) is 15.6. The maximum Gasteiger partial charge on any atom is 0.416 e. The van der Waals surface area contributed by atoms with E-state index >= 15 is 0 Å². The standard InChI is InChI=1S/C16H12F3NO2/c17-16(18,19)10-2-1-3-11(7-10)20-14(21)12-8-4-5-9(6-8)13(12)15(20)22/h1-5,7-9,12-13H,6H2/t8-,9-,12+,13+/m0/s1. The number of alkyl halides is 3. The largest absolute Gasteiger partial charge is 0.416 e. The molecule has 0 spiro atoms. The highest BCUT2D eigenvalue weighted by Crippen LogP contribution is 2.53. The first kappa shape index (κ1) is 13.5. The number of halogens is 3. The number of hydrogen-bond acceptors (Lipinski definition) is 2. The number of rotatable bonds is 1. The molecule has 1 aromatic rings. The van der Waals surface area contributed by atoms with Crippen LogP contribution in [0, 0.1) is 23.7 Å². The molecule has 1 heterocycles. The summed E-state index contributed by atoms with van der Waals surface area (Å²) in [5.41, 5.74) is -0.845. The Kier molecular flexibility index (Phi) is 2.59. The van der Waals surface area contributed by atoms with E-state index in [4.69, 9.17) is 0 Å². The number of carbonyl (C=O) groups is 2. The van der Waals surface area contributed by atoms with Crippen LogP contribution in [0.1, 0.15) is 12.0 Å². The molecule has 2 aliphatic carbocycles. The van der Waals surface area contributed by atoms with Gasteiger partial charge < -0.3 is 0 Å². The summed E-state index contributed by atoms with van der Waals surface area (Å²) in [6.07, 6.45) is 0.195. The summed E-state index contributed by atoms with van der Waals surface area (Å²) in [6.45, 7) is 0. The van der Waals surface area contributed by atoms with Crippen LogP contribution in [0.15, 0.2) is 36.4 Å².